The Balaban J connectivity index is 1.81. The number of nitrogens with zero attached hydrogens (tertiary/aromatic N) is 2. The number of nitrogens with two attached hydrogens (primary N) is 1. The second-order valence-corrected chi connectivity index (χ2v) is 7.83. The number of aromatic nitrogens is 2. The summed E-state index contributed by atoms with van der Waals surface area (Å²) < 4.78 is 28.8. The van der Waals surface area contributed by atoms with Gasteiger partial charge in [0.25, 0.3) is 0 Å². The lowest BCUT2D eigenvalue weighted by atomic mass is 9.87. The zero-order valence-electron chi connectivity index (χ0n) is 11.7. The summed E-state index contributed by atoms with van der Waals surface area (Å²) in [5.74, 6) is 1.01. The predicted octanol–water partition coefficient (Wildman–Crippen LogP) is 1.66. The van der Waals surface area contributed by atoms with Crippen LogP contribution in [-0.4, -0.2) is 24.2 Å². The molecule has 3 rings (SSSR count). The molecule has 0 spiro atoms. The van der Waals surface area contributed by atoms with Crippen LogP contribution >= 0.6 is 0 Å². The van der Waals surface area contributed by atoms with Gasteiger partial charge < -0.3 is 5.73 Å². The Morgan fingerprint density at radius 3 is 2.50 bits per heavy atom. The molecule has 6 nitrogen and oxygen atoms in total. The molecule has 0 aliphatic heterocycles. The van der Waals surface area contributed by atoms with Crippen molar-refractivity contribution >= 4 is 15.8 Å². The van der Waals surface area contributed by atoms with Crippen LogP contribution in [0, 0.1) is 5.92 Å². The molecule has 1 aromatic rings. The highest BCUT2D eigenvalue weighted by molar-refractivity contribution is 7.89. The standard InChI is InChI=1S/C13H22N4O2S/c1-9-2-6-11(7-3-9)17-13(14)12(8-15-17)20(18,19)16-10-4-5-10/h8-11,16H,2-7,14H2,1H3. The van der Waals surface area contributed by atoms with Crippen molar-refractivity contribution in [3.05, 3.63) is 6.20 Å². The third-order valence-corrected chi connectivity index (χ3v) is 5.86. The number of hydrogen-bond donors (Lipinski definition) is 2. The first kappa shape index (κ1) is 13.9. The topological polar surface area (TPSA) is 90.0 Å². The van der Waals surface area contributed by atoms with Gasteiger partial charge >= 0.3 is 0 Å². The Kier molecular flexibility index (Phi) is 3.50. The van der Waals surface area contributed by atoms with Crippen molar-refractivity contribution in [2.75, 3.05) is 5.73 Å². The summed E-state index contributed by atoms with van der Waals surface area (Å²) in [7, 11) is -3.51. The van der Waals surface area contributed by atoms with Gasteiger partial charge in [-0.3, -0.25) is 0 Å². The van der Waals surface area contributed by atoms with E-state index in [9.17, 15) is 8.42 Å². The van der Waals surface area contributed by atoms with Gasteiger partial charge in [-0.05, 0) is 44.4 Å². The average Bonchev–Trinajstić information content (AvgIpc) is 3.10. The second kappa shape index (κ2) is 5.04. The zero-order valence-corrected chi connectivity index (χ0v) is 12.6. The van der Waals surface area contributed by atoms with Gasteiger partial charge in [-0.1, -0.05) is 6.92 Å². The molecular weight excluding hydrogens is 276 g/mol. The summed E-state index contributed by atoms with van der Waals surface area (Å²) in [6.45, 7) is 2.25. The summed E-state index contributed by atoms with van der Waals surface area (Å²) in [6, 6.07) is 0.314. The normalized spacial score (nSPS) is 27.6. The fourth-order valence-electron chi connectivity index (χ4n) is 2.83. The molecule has 2 fully saturated rings. The van der Waals surface area contributed by atoms with Gasteiger partial charge in [-0.2, -0.15) is 5.10 Å². The average molecular weight is 298 g/mol. The molecule has 0 unspecified atom stereocenters. The number of anilines is 1. The number of sulfonamides is 1. The number of nitrogens with one attached hydrogen (secondary N) is 1. The van der Waals surface area contributed by atoms with Crippen molar-refractivity contribution in [3.63, 3.8) is 0 Å². The van der Waals surface area contributed by atoms with Crippen LogP contribution in [0.4, 0.5) is 5.82 Å². The lowest BCUT2D eigenvalue weighted by Crippen LogP contribution is -2.26. The van der Waals surface area contributed by atoms with E-state index in [1.165, 1.54) is 6.20 Å². The smallest absolute Gasteiger partial charge is 0.246 e. The maximum Gasteiger partial charge on any atom is 0.246 e. The van der Waals surface area contributed by atoms with E-state index >= 15 is 0 Å². The first-order valence-corrected chi connectivity index (χ1v) is 8.81. The molecule has 0 aromatic carbocycles. The highest BCUT2D eigenvalue weighted by Crippen LogP contribution is 2.34. The van der Waals surface area contributed by atoms with Crippen molar-refractivity contribution < 1.29 is 8.42 Å². The summed E-state index contributed by atoms with van der Waals surface area (Å²) in [4.78, 5) is 0.128. The van der Waals surface area contributed by atoms with Gasteiger partial charge in [-0.25, -0.2) is 17.8 Å². The fraction of sp³-hybridized carbons (Fsp3) is 0.769. The highest BCUT2D eigenvalue weighted by Gasteiger charge is 2.32. The maximum atomic E-state index is 12.2. The van der Waals surface area contributed by atoms with Gasteiger partial charge in [0, 0.05) is 6.04 Å². The minimum Gasteiger partial charge on any atom is -0.383 e. The van der Waals surface area contributed by atoms with Crippen LogP contribution in [0.15, 0.2) is 11.1 Å². The Labute approximate surface area is 119 Å². The lowest BCUT2D eigenvalue weighted by molar-refractivity contribution is 0.276. The van der Waals surface area contributed by atoms with E-state index in [-0.39, 0.29) is 22.8 Å². The lowest BCUT2D eigenvalue weighted by Gasteiger charge is -2.27. The summed E-state index contributed by atoms with van der Waals surface area (Å²) in [5, 5.41) is 4.23. The van der Waals surface area contributed by atoms with Crippen molar-refractivity contribution in [3.8, 4) is 0 Å². The molecule has 0 amide bonds. The Morgan fingerprint density at radius 2 is 1.90 bits per heavy atom. The largest absolute Gasteiger partial charge is 0.383 e. The predicted molar refractivity (Wildman–Crippen MR) is 76.7 cm³/mol. The molecule has 0 bridgehead atoms. The highest BCUT2D eigenvalue weighted by atomic mass is 32.2. The van der Waals surface area contributed by atoms with E-state index in [0.29, 0.717) is 0 Å². The first-order valence-electron chi connectivity index (χ1n) is 7.32. The molecule has 2 aliphatic carbocycles. The maximum absolute atomic E-state index is 12.2. The van der Waals surface area contributed by atoms with E-state index in [1.54, 1.807) is 4.68 Å². The van der Waals surface area contributed by atoms with Gasteiger partial charge in [-0.15, -0.1) is 0 Å². The van der Waals surface area contributed by atoms with Crippen LogP contribution in [0.3, 0.4) is 0 Å². The van der Waals surface area contributed by atoms with Gasteiger partial charge in [0.15, 0.2) is 0 Å². The van der Waals surface area contributed by atoms with Gasteiger partial charge in [0.05, 0.1) is 12.2 Å². The molecule has 3 N–H and O–H groups in total. The van der Waals surface area contributed by atoms with Crippen LogP contribution in [-0.2, 0) is 10.0 Å². The molecule has 20 heavy (non-hydrogen) atoms. The fourth-order valence-corrected chi connectivity index (χ4v) is 4.18. The summed E-state index contributed by atoms with van der Waals surface area (Å²) in [6.07, 6.45) is 7.53. The van der Waals surface area contributed by atoms with E-state index in [4.69, 9.17) is 5.73 Å². The molecular formula is C13H22N4O2S. The van der Waals surface area contributed by atoms with Crippen LogP contribution in [0.2, 0.25) is 0 Å². The van der Waals surface area contributed by atoms with Crippen LogP contribution in [0.1, 0.15) is 51.5 Å². The molecule has 1 heterocycles. The van der Waals surface area contributed by atoms with Gasteiger partial charge in [0.1, 0.15) is 10.7 Å². The molecule has 2 saturated carbocycles. The molecule has 112 valence electrons. The quantitative estimate of drug-likeness (QED) is 0.884. The van der Waals surface area contributed by atoms with Crippen LogP contribution < -0.4 is 10.5 Å². The molecule has 0 radical (unpaired) electrons. The molecule has 1 aromatic heterocycles. The first-order chi connectivity index (χ1) is 9.47. The van der Waals surface area contributed by atoms with Crippen LogP contribution in [0.25, 0.3) is 0 Å². The third-order valence-electron chi connectivity index (χ3n) is 4.32. The van der Waals surface area contributed by atoms with Crippen molar-refractivity contribution in [1.29, 1.82) is 0 Å². The Morgan fingerprint density at radius 1 is 1.25 bits per heavy atom. The minimum atomic E-state index is -3.51. The van der Waals surface area contributed by atoms with E-state index in [2.05, 4.69) is 16.7 Å². The number of rotatable bonds is 4. The molecule has 0 atom stereocenters. The summed E-state index contributed by atoms with van der Waals surface area (Å²) in [5.41, 5.74) is 6.03. The number of nitrogen functional groups attached to an aromatic ring is 1. The zero-order chi connectivity index (χ0) is 14.3. The minimum absolute atomic E-state index is 0.0817. The van der Waals surface area contributed by atoms with Gasteiger partial charge in [0.2, 0.25) is 10.0 Å². The van der Waals surface area contributed by atoms with E-state index < -0.39 is 10.0 Å². The summed E-state index contributed by atoms with van der Waals surface area (Å²) >= 11 is 0. The number of hydrogen-bond acceptors (Lipinski definition) is 4. The van der Waals surface area contributed by atoms with E-state index in [1.807, 2.05) is 0 Å². The van der Waals surface area contributed by atoms with Crippen molar-refractivity contribution in [2.24, 2.45) is 5.92 Å². The monoisotopic (exact) mass is 298 g/mol. The van der Waals surface area contributed by atoms with E-state index in [0.717, 1.165) is 44.4 Å². The molecule has 2 aliphatic rings. The Bertz CT molecular complexity index is 584. The molecule has 0 saturated heterocycles. The van der Waals surface area contributed by atoms with Crippen molar-refractivity contribution in [2.45, 2.75) is 62.4 Å². The second-order valence-electron chi connectivity index (χ2n) is 6.15. The molecule has 7 heteroatoms. The van der Waals surface area contributed by atoms with Crippen molar-refractivity contribution in [1.82, 2.24) is 14.5 Å². The Hall–Kier alpha value is -1.08. The van der Waals surface area contributed by atoms with Crippen LogP contribution in [0.5, 0.6) is 0 Å². The SMILES string of the molecule is CC1CCC(n2ncc(S(=O)(=O)NC3CC3)c2N)CC1. The third kappa shape index (κ3) is 2.69.